The van der Waals surface area contributed by atoms with Gasteiger partial charge in [0, 0.05) is 30.3 Å². The number of nitrogens with one attached hydrogen (secondary N) is 1. The second-order valence-electron chi connectivity index (χ2n) is 7.68. The molecule has 0 atom stereocenters. The summed E-state index contributed by atoms with van der Waals surface area (Å²) in [7, 11) is 0. The Hall–Kier alpha value is -2.04. The van der Waals surface area contributed by atoms with Crippen molar-refractivity contribution >= 4 is 18.3 Å². The molecule has 150 valence electrons. The molecule has 2 aromatic carbocycles. The first-order chi connectivity index (χ1) is 13.3. The number of piperidine rings is 1. The predicted octanol–water partition coefficient (Wildman–Crippen LogP) is 4.29. The minimum absolute atomic E-state index is 0. The third-order valence-corrected chi connectivity index (χ3v) is 5.56. The Bertz CT molecular complexity index is 756. The van der Waals surface area contributed by atoms with Crippen molar-refractivity contribution in [1.29, 1.82) is 0 Å². The molecule has 1 aliphatic carbocycles. The maximum atomic E-state index is 13.1. The number of amides is 1. The predicted molar refractivity (Wildman–Crippen MR) is 114 cm³/mol. The average molecular weight is 401 g/mol. The molecule has 4 rings (SSSR count). The zero-order valence-corrected chi connectivity index (χ0v) is 17.0. The number of carbonyl (C=O) groups excluding carboxylic acids is 1. The summed E-state index contributed by atoms with van der Waals surface area (Å²) in [5, 5.41) is 3.67. The van der Waals surface area contributed by atoms with Gasteiger partial charge in [-0.15, -0.1) is 12.4 Å². The normalized spacial score (nSPS) is 17.1. The van der Waals surface area contributed by atoms with Crippen molar-refractivity contribution in [2.75, 3.05) is 19.6 Å². The Balaban J connectivity index is 0.00000225. The molecular weight excluding hydrogens is 372 g/mol. The zero-order chi connectivity index (χ0) is 18.5. The van der Waals surface area contributed by atoms with Crippen molar-refractivity contribution in [2.24, 2.45) is 5.92 Å². The number of hydrogen-bond acceptors (Lipinski definition) is 3. The third kappa shape index (κ3) is 5.49. The lowest BCUT2D eigenvalue weighted by atomic mass is 10.0. The first-order valence-electron chi connectivity index (χ1n) is 10.1. The standard InChI is InChI=1S/C23H28N2O2.ClH/c26-23(25-14-12-20(13-15-25)24-16-18-10-11-18)22-9-5-4-6-19(22)17-27-21-7-2-1-3-8-21;/h1-9,18,20,24H,10-17H2;1H. The van der Waals surface area contributed by atoms with Crippen LogP contribution in [0.2, 0.25) is 0 Å². The van der Waals surface area contributed by atoms with E-state index in [1.54, 1.807) is 0 Å². The van der Waals surface area contributed by atoms with Crippen LogP contribution < -0.4 is 10.1 Å². The number of hydrogen-bond donors (Lipinski definition) is 1. The maximum Gasteiger partial charge on any atom is 0.254 e. The van der Waals surface area contributed by atoms with Gasteiger partial charge in [0.25, 0.3) is 5.91 Å². The van der Waals surface area contributed by atoms with Gasteiger partial charge in [0.2, 0.25) is 0 Å². The van der Waals surface area contributed by atoms with Crippen molar-refractivity contribution in [2.45, 2.75) is 38.3 Å². The Morgan fingerprint density at radius 1 is 0.964 bits per heavy atom. The summed E-state index contributed by atoms with van der Waals surface area (Å²) in [5.74, 6) is 1.85. The van der Waals surface area contributed by atoms with Gasteiger partial charge in [-0.2, -0.15) is 0 Å². The lowest BCUT2D eigenvalue weighted by Gasteiger charge is -2.33. The minimum Gasteiger partial charge on any atom is -0.489 e. The van der Waals surface area contributed by atoms with Gasteiger partial charge in [-0.3, -0.25) is 4.79 Å². The maximum absolute atomic E-state index is 13.1. The Labute approximate surface area is 173 Å². The van der Waals surface area contributed by atoms with Crippen molar-refractivity contribution in [3.63, 3.8) is 0 Å². The molecule has 4 nitrogen and oxygen atoms in total. The smallest absolute Gasteiger partial charge is 0.254 e. The molecule has 0 bridgehead atoms. The number of nitrogens with zero attached hydrogens (tertiary/aromatic N) is 1. The second kappa shape index (κ2) is 9.94. The topological polar surface area (TPSA) is 41.6 Å². The lowest BCUT2D eigenvalue weighted by molar-refractivity contribution is 0.0702. The molecule has 0 aromatic heterocycles. The fraction of sp³-hybridized carbons (Fsp3) is 0.435. The number of halogens is 1. The second-order valence-corrected chi connectivity index (χ2v) is 7.68. The fourth-order valence-electron chi connectivity index (χ4n) is 3.64. The largest absolute Gasteiger partial charge is 0.489 e. The summed E-state index contributed by atoms with van der Waals surface area (Å²) in [4.78, 5) is 15.1. The third-order valence-electron chi connectivity index (χ3n) is 5.56. The Morgan fingerprint density at radius 2 is 1.64 bits per heavy atom. The molecule has 1 heterocycles. The van der Waals surface area contributed by atoms with E-state index in [0.29, 0.717) is 12.6 Å². The summed E-state index contributed by atoms with van der Waals surface area (Å²) >= 11 is 0. The fourth-order valence-corrected chi connectivity index (χ4v) is 3.64. The first kappa shape index (κ1) is 20.7. The molecule has 1 saturated carbocycles. The highest BCUT2D eigenvalue weighted by atomic mass is 35.5. The van der Waals surface area contributed by atoms with E-state index in [4.69, 9.17) is 4.74 Å². The highest BCUT2D eigenvalue weighted by Crippen LogP contribution is 2.28. The molecule has 28 heavy (non-hydrogen) atoms. The molecular formula is C23H29ClN2O2. The Morgan fingerprint density at radius 3 is 2.36 bits per heavy atom. The highest BCUT2D eigenvalue weighted by molar-refractivity contribution is 5.95. The van der Waals surface area contributed by atoms with Crippen molar-refractivity contribution in [3.8, 4) is 5.75 Å². The van der Waals surface area contributed by atoms with Gasteiger partial charge in [0.1, 0.15) is 12.4 Å². The van der Waals surface area contributed by atoms with Crippen molar-refractivity contribution in [3.05, 3.63) is 65.7 Å². The van der Waals surface area contributed by atoms with Crippen LogP contribution in [0.3, 0.4) is 0 Å². The van der Waals surface area contributed by atoms with Crippen LogP contribution in [0, 0.1) is 5.92 Å². The monoisotopic (exact) mass is 400 g/mol. The van der Waals surface area contributed by atoms with Crippen LogP contribution in [-0.4, -0.2) is 36.5 Å². The lowest BCUT2D eigenvalue weighted by Crippen LogP contribution is -2.45. The average Bonchev–Trinajstić information content (AvgIpc) is 3.56. The SMILES string of the molecule is Cl.O=C(c1ccccc1COc1ccccc1)N1CCC(NCC2CC2)CC1. The van der Waals surface area contributed by atoms with Crippen LogP contribution in [0.15, 0.2) is 54.6 Å². The number of ether oxygens (including phenoxy) is 1. The molecule has 0 radical (unpaired) electrons. The zero-order valence-electron chi connectivity index (χ0n) is 16.2. The highest BCUT2D eigenvalue weighted by Gasteiger charge is 2.27. The molecule has 0 spiro atoms. The summed E-state index contributed by atoms with van der Waals surface area (Å²) < 4.78 is 5.87. The molecule has 1 N–H and O–H groups in total. The van der Waals surface area contributed by atoms with Crippen LogP contribution in [0.5, 0.6) is 5.75 Å². The van der Waals surface area contributed by atoms with Crippen molar-refractivity contribution in [1.82, 2.24) is 10.2 Å². The minimum atomic E-state index is 0. The summed E-state index contributed by atoms with van der Waals surface area (Å²) in [6.07, 6.45) is 4.85. The molecule has 1 amide bonds. The van der Waals surface area contributed by atoms with Gasteiger partial charge in [-0.1, -0.05) is 36.4 Å². The molecule has 2 fully saturated rings. The Kier molecular flexibility index (Phi) is 7.35. The van der Waals surface area contributed by atoms with Gasteiger partial charge in [-0.25, -0.2) is 0 Å². The van der Waals surface area contributed by atoms with E-state index >= 15 is 0 Å². The van der Waals surface area contributed by atoms with Crippen molar-refractivity contribution < 1.29 is 9.53 Å². The van der Waals surface area contributed by atoms with Crippen LogP contribution in [0.4, 0.5) is 0 Å². The van der Waals surface area contributed by atoms with Gasteiger partial charge >= 0.3 is 0 Å². The van der Waals surface area contributed by atoms with Gasteiger partial charge in [0.15, 0.2) is 0 Å². The molecule has 2 aromatic rings. The summed E-state index contributed by atoms with van der Waals surface area (Å²) in [6.45, 7) is 3.22. The molecule has 5 heteroatoms. The summed E-state index contributed by atoms with van der Waals surface area (Å²) in [5.41, 5.74) is 1.71. The van der Waals surface area contributed by atoms with Gasteiger partial charge < -0.3 is 15.0 Å². The quantitative estimate of drug-likeness (QED) is 0.753. The summed E-state index contributed by atoms with van der Waals surface area (Å²) in [6, 6.07) is 18.1. The van der Waals surface area contributed by atoms with E-state index in [1.807, 2.05) is 59.5 Å². The van der Waals surface area contributed by atoms with Gasteiger partial charge in [-0.05, 0) is 56.3 Å². The van der Waals surface area contributed by atoms with Crippen LogP contribution in [0.1, 0.15) is 41.6 Å². The van der Waals surface area contributed by atoms with E-state index in [-0.39, 0.29) is 18.3 Å². The van der Waals surface area contributed by atoms with Gasteiger partial charge in [0.05, 0.1) is 0 Å². The van der Waals surface area contributed by atoms with Crippen LogP contribution in [-0.2, 0) is 6.61 Å². The van der Waals surface area contributed by atoms with E-state index in [1.165, 1.54) is 12.8 Å². The number of benzene rings is 2. The molecule has 0 unspecified atom stereocenters. The van der Waals surface area contributed by atoms with E-state index in [0.717, 1.165) is 55.3 Å². The number of likely N-dealkylation sites (tertiary alicyclic amines) is 1. The van der Waals surface area contributed by atoms with E-state index in [2.05, 4.69) is 5.32 Å². The molecule has 1 saturated heterocycles. The number of para-hydroxylation sites is 1. The molecule has 1 aliphatic heterocycles. The van der Waals surface area contributed by atoms with E-state index in [9.17, 15) is 4.79 Å². The van der Waals surface area contributed by atoms with Crippen LogP contribution in [0.25, 0.3) is 0 Å². The number of rotatable bonds is 7. The first-order valence-corrected chi connectivity index (χ1v) is 10.1. The number of carbonyl (C=O) groups is 1. The van der Waals surface area contributed by atoms with Crippen LogP contribution >= 0.6 is 12.4 Å². The molecule has 2 aliphatic rings. The van der Waals surface area contributed by atoms with E-state index < -0.39 is 0 Å².